The molecule has 106 valence electrons. The number of benzene rings is 1. The van der Waals surface area contributed by atoms with Gasteiger partial charge < -0.3 is 9.63 Å². The Balaban J connectivity index is 1.98. The van der Waals surface area contributed by atoms with Gasteiger partial charge in [-0.05, 0) is 6.42 Å². The van der Waals surface area contributed by atoms with E-state index in [4.69, 9.17) is 9.63 Å². The van der Waals surface area contributed by atoms with Crippen LogP contribution in [0, 0.1) is 0 Å². The third-order valence-corrected chi connectivity index (χ3v) is 3.03. The van der Waals surface area contributed by atoms with Gasteiger partial charge in [-0.3, -0.25) is 10.1 Å². The highest BCUT2D eigenvalue weighted by atomic mass is 16.5. The van der Waals surface area contributed by atoms with Gasteiger partial charge in [0.25, 0.3) is 0 Å². The number of aliphatic carboxylic acids is 1. The third-order valence-electron chi connectivity index (χ3n) is 3.03. The summed E-state index contributed by atoms with van der Waals surface area (Å²) in [7, 11) is 0. The van der Waals surface area contributed by atoms with Crippen molar-refractivity contribution in [2.45, 2.75) is 32.4 Å². The number of aromatic nitrogens is 1. The normalized spacial score (nSPS) is 12.2. The summed E-state index contributed by atoms with van der Waals surface area (Å²) in [5.74, 6) is -0.208. The summed E-state index contributed by atoms with van der Waals surface area (Å²) in [6.07, 6.45) is 1.41. The van der Waals surface area contributed by atoms with E-state index in [2.05, 4.69) is 10.5 Å². The van der Waals surface area contributed by atoms with Crippen molar-refractivity contribution in [1.29, 1.82) is 0 Å². The summed E-state index contributed by atoms with van der Waals surface area (Å²) in [4.78, 5) is 11.0. The maximum Gasteiger partial charge on any atom is 0.320 e. The average Bonchev–Trinajstić information content (AvgIpc) is 2.93. The molecule has 20 heavy (non-hydrogen) atoms. The molecule has 5 heteroatoms. The highest BCUT2D eigenvalue weighted by Crippen LogP contribution is 2.18. The molecule has 1 atom stereocenters. The maximum atomic E-state index is 11.0. The van der Waals surface area contributed by atoms with Crippen molar-refractivity contribution < 1.29 is 14.4 Å². The van der Waals surface area contributed by atoms with Crippen molar-refractivity contribution in [3.05, 3.63) is 42.2 Å². The van der Waals surface area contributed by atoms with Gasteiger partial charge in [0.2, 0.25) is 0 Å². The Morgan fingerprint density at radius 1 is 1.40 bits per heavy atom. The summed E-state index contributed by atoms with van der Waals surface area (Å²) >= 11 is 0. The molecule has 0 amide bonds. The van der Waals surface area contributed by atoms with Crippen LogP contribution in [0.3, 0.4) is 0 Å². The van der Waals surface area contributed by atoms with Gasteiger partial charge >= 0.3 is 5.97 Å². The molecule has 0 saturated carbocycles. The number of carbonyl (C=O) groups is 1. The molecule has 0 bridgehead atoms. The Hall–Kier alpha value is -2.14. The molecule has 0 fully saturated rings. The second-order valence-electron chi connectivity index (χ2n) is 4.60. The first-order chi connectivity index (χ1) is 9.70. The Bertz CT molecular complexity index is 551. The van der Waals surface area contributed by atoms with Gasteiger partial charge in [-0.25, -0.2) is 0 Å². The fourth-order valence-electron chi connectivity index (χ4n) is 1.97. The molecule has 1 aromatic carbocycles. The SMILES string of the molecule is CCCC(NCc1cc(-c2ccccc2)no1)C(=O)O. The second kappa shape index (κ2) is 6.86. The quantitative estimate of drug-likeness (QED) is 0.812. The number of rotatable bonds is 7. The van der Waals surface area contributed by atoms with Crippen LogP contribution in [-0.2, 0) is 11.3 Å². The topological polar surface area (TPSA) is 75.4 Å². The summed E-state index contributed by atoms with van der Waals surface area (Å²) in [5.41, 5.74) is 1.73. The summed E-state index contributed by atoms with van der Waals surface area (Å²) in [5, 5.41) is 16.0. The minimum atomic E-state index is -0.838. The van der Waals surface area contributed by atoms with E-state index in [0.717, 1.165) is 17.7 Å². The van der Waals surface area contributed by atoms with E-state index in [1.165, 1.54) is 0 Å². The number of carboxylic acid groups (broad SMARTS) is 1. The monoisotopic (exact) mass is 274 g/mol. The highest BCUT2D eigenvalue weighted by molar-refractivity contribution is 5.73. The highest BCUT2D eigenvalue weighted by Gasteiger charge is 2.16. The van der Waals surface area contributed by atoms with Crippen LogP contribution in [0.2, 0.25) is 0 Å². The van der Waals surface area contributed by atoms with Crippen LogP contribution in [-0.4, -0.2) is 22.3 Å². The van der Waals surface area contributed by atoms with Crippen LogP contribution in [0.1, 0.15) is 25.5 Å². The molecular formula is C15H18N2O3. The minimum Gasteiger partial charge on any atom is -0.480 e. The van der Waals surface area contributed by atoms with Crippen molar-refractivity contribution >= 4 is 5.97 Å². The number of carboxylic acids is 1. The van der Waals surface area contributed by atoms with Gasteiger partial charge in [-0.1, -0.05) is 48.8 Å². The van der Waals surface area contributed by atoms with E-state index < -0.39 is 12.0 Å². The van der Waals surface area contributed by atoms with Gasteiger partial charge in [0.1, 0.15) is 11.7 Å². The molecule has 5 nitrogen and oxygen atoms in total. The predicted molar refractivity (Wildman–Crippen MR) is 75.1 cm³/mol. The van der Waals surface area contributed by atoms with Crippen LogP contribution < -0.4 is 5.32 Å². The molecule has 0 spiro atoms. The fraction of sp³-hybridized carbons (Fsp3) is 0.333. The van der Waals surface area contributed by atoms with Crippen molar-refractivity contribution in [2.24, 2.45) is 0 Å². The van der Waals surface area contributed by atoms with Crippen LogP contribution >= 0.6 is 0 Å². The van der Waals surface area contributed by atoms with Gasteiger partial charge in [0.15, 0.2) is 5.76 Å². The molecule has 1 heterocycles. The van der Waals surface area contributed by atoms with E-state index in [0.29, 0.717) is 18.7 Å². The molecule has 0 aliphatic carbocycles. The third kappa shape index (κ3) is 3.68. The van der Waals surface area contributed by atoms with E-state index in [1.54, 1.807) is 0 Å². The minimum absolute atomic E-state index is 0.358. The standard InChI is InChI=1S/C15H18N2O3/c1-2-6-13(15(18)19)16-10-12-9-14(17-20-12)11-7-4-3-5-8-11/h3-5,7-9,13,16H,2,6,10H2,1H3,(H,18,19). The first kappa shape index (κ1) is 14.3. The lowest BCUT2D eigenvalue weighted by atomic mass is 10.1. The Kier molecular flexibility index (Phi) is 4.90. The van der Waals surface area contributed by atoms with Gasteiger partial charge in [0.05, 0.1) is 6.54 Å². The molecule has 1 unspecified atom stereocenters. The Morgan fingerprint density at radius 2 is 2.15 bits per heavy atom. The molecule has 2 N–H and O–H groups in total. The van der Waals surface area contributed by atoms with Crippen LogP contribution in [0.15, 0.2) is 40.9 Å². The first-order valence-electron chi connectivity index (χ1n) is 6.68. The molecule has 2 aromatic rings. The lowest BCUT2D eigenvalue weighted by molar-refractivity contribution is -0.139. The largest absolute Gasteiger partial charge is 0.480 e. The smallest absolute Gasteiger partial charge is 0.320 e. The Morgan fingerprint density at radius 3 is 2.80 bits per heavy atom. The van der Waals surface area contributed by atoms with E-state index in [1.807, 2.05) is 43.3 Å². The van der Waals surface area contributed by atoms with Crippen molar-refractivity contribution in [3.8, 4) is 11.3 Å². The van der Waals surface area contributed by atoms with Crippen LogP contribution in [0.25, 0.3) is 11.3 Å². The second-order valence-corrected chi connectivity index (χ2v) is 4.60. The molecule has 1 aromatic heterocycles. The van der Waals surface area contributed by atoms with Gasteiger partial charge in [-0.2, -0.15) is 0 Å². The van der Waals surface area contributed by atoms with Crippen molar-refractivity contribution in [1.82, 2.24) is 10.5 Å². The van der Waals surface area contributed by atoms with E-state index >= 15 is 0 Å². The fourth-order valence-corrected chi connectivity index (χ4v) is 1.97. The zero-order valence-electron chi connectivity index (χ0n) is 11.4. The lowest BCUT2D eigenvalue weighted by Gasteiger charge is -2.11. The van der Waals surface area contributed by atoms with Gasteiger partial charge in [0, 0.05) is 11.6 Å². The van der Waals surface area contributed by atoms with Crippen molar-refractivity contribution in [2.75, 3.05) is 0 Å². The molecule has 0 saturated heterocycles. The maximum absolute atomic E-state index is 11.0. The average molecular weight is 274 g/mol. The molecule has 0 radical (unpaired) electrons. The van der Waals surface area contributed by atoms with Crippen LogP contribution in [0.5, 0.6) is 0 Å². The Labute approximate surface area is 117 Å². The summed E-state index contributed by atoms with van der Waals surface area (Å²) < 4.78 is 5.22. The number of nitrogens with zero attached hydrogens (tertiary/aromatic N) is 1. The molecule has 0 aliphatic rings. The van der Waals surface area contributed by atoms with Gasteiger partial charge in [-0.15, -0.1) is 0 Å². The summed E-state index contributed by atoms with van der Waals surface area (Å²) in [6, 6.07) is 11.0. The van der Waals surface area contributed by atoms with Crippen molar-refractivity contribution in [3.63, 3.8) is 0 Å². The number of nitrogens with one attached hydrogen (secondary N) is 1. The lowest BCUT2D eigenvalue weighted by Crippen LogP contribution is -2.35. The van der Waals surface area contributed by atoms with Crippen LogP contribution in [0.4, 0.5) is 0 Å². The zero-order chi connectivity index (χ0) is 14.4. The van der Waals surface area contributed by atoms with E-state index in [9.17, 15) is 4.79 Å². The molecule has 2 rings (SSSR count). The van der Waals surface area contributed by atoms with E-state index in [-0.39, 0.29) is 0 Å². The molecular weight excluding hydrogens is 256 g/mol. The summed E-state index contributed by atoms with van der Waals surface area (Å²) in [6.45, 7) is 2.32. The molecule has 0 aliphatic heterocycles. The first-order valence-corrected chi connectivity index (χ1v) is 6.68. The predicted octanol–water partition coefficient (Wildman–Crippen LogP) is 2.68. The number of hydrogen-bond donors (Lipinski definition) is 2. The number of hydrogen-bond acceptors (Lipinski definition) is 4. The zero-order valence-corrected chi connectivity index (χ0v) is 11.4.